The summed E-state index contributed by atoms with van der Waals surface area (Å²) < 4.78 is 9.31. The fraction of sp³-hybridized carbons (Fsp3) is 0.800. The van der Waals surface area contributed by atoms with Crippen LogP contribution >= 0.6 is 0 Å². The largest absolute Gasteiger partial charge is 0.737 e. The molecule has 0 atom stereocenters. The van der Waals surface area contributed by atoms with Crippen molar-refractivity contribution in [3.63, 3.8) is 0 Å². The summed E-state index contributed by atoms with van der Waals surface area (Å²) in [5, 5.41) is 0. The Morgan fingerprint density at radius 3 is 1.31 bits per heavy atom. The van der Waals surface area contributed by atoms with Gasteiger partial charge in [-0.1, -0.05) is 0 Å². The molecule has 0 saturated heterocycles. The predicted molar refractivity (Wildman–Crippen MR) is 59.1 cm³/mol. The van der Waals surface area contributed by atoms with Crippen LogP contribution in [-0.4, -0.2) is 26.3 Å². The minimum Gasteiger partial charge on any atom is -0.461 e. The van der Waals surface area contributed by atoms with Crippen molar-refractivity contribution in [3.8, 4) is 0 Å². The molecule has 1 N–H and O–H groups in total. The van der Waals surface area contributed by atoms with Gasteiger partial charge < -0.3 is 13.6 Å². The highest BCUT2D eigenvalue weighted by atomic mass is 28.3. The van der Waals surface area contributed by atoms with Gasteiger partial charge in [-0.2, -0.15) is 0 Å². The molecule has 0 heterocycles. The number of rotatable bonds is 2. The first-order valence-electron chi connectivity index (χ1n) is 4.95. The fourth-order valence-corrected chi connectivity index (χ4v) is 1.46. The molecule has 0 aliphatic rings. The van der Waals surface area contributed by atoms with Crippen LogP contribution in [0, 0.1) is 10.8 Å². The van der Waals surface area contributed by atoms with Crippen molar-refractivity contribution < 1.29 is 23.2 Å². The lowest BCUT2D eigenvalue weighted by Crippen LogP contribution is -2.37. The van der Waals surface area contributed by atoms with Crippen molar-refractivity contribution in [3.05, 3.63) is 0 Å². The Morgan fingerprint density at radius 2 is 1.12 bits per heavy atom. The Balaban J connectivity index is 4.26. The average Bonchev–Trinajstić information content (AvgIpc) is 1.99. The number of carbonyl (C=O) groups is 2. The molecular weight excluding hydrogens is 228 g/mol. The fourth-order valence-electron chi connectivity index (χ4n) is 0.486. The maximum absolute atomic E-state index is 11.4. The van der Waals surface area contributed by atoms with Crippen molar-refractivity contribution in [2.75, 3.05) is 0 Å². The van der Waals surface area contributed by atoms with Crippen LogP contribution in [0.1, 0.15) is 41.5 Å². The van der Waals surface area contributed by atoms with E-state index >= 15 is 0 Å². The first kappa shape index (κ1) is 15.1. The molecule has 93 valence electrons. The minimum absolute atomic E-state index is 0.592. The van der Waals surface area contributed by atoms with E-state index in [-0.39, 0.29) is 0 Å². The van der Waals surface area contributed by atoms with Crippen LogP contribution in [0.2, 0.25) is 0 Å². The lowest BCUT2D eigenvalue weighted by molar-refractivity contribution is -0.152. The maximum Gasteiger partial charge on any atom is 0.737 e. The summed E-state index contributed by atoms with van der Waals surface area (Å²) in [5.41, 5.74) is -1.46. The van der Waals surface area contributed by atoms with E-state index in [2.05, 4.69) is 8.85 Å². The van der Waals surface area contributed by atoms with Crippen LogP contribution in [0.25, 0.3) is 0 Å². The molecule has 1 radical (unpaired) electrons. The van der Waals surface area contributed by atoms with Gasteiger partial charge in [0.25, 0.3) is 0 Å². The summed E-state index contributed by atoms with van der Waals surface area (Å²) in [6, 6.07) is 0. The molecule has 0 aromatic carbocycles. The number of carbonyl (C=O) groups excluding carboxylic acids is 2. The van der Waals surface area contributed by atoms with E-state index < -0.39 is 32.3 Å². The van der Waals surface area contributed by atoms with Crippen LogP contribution < -0.4 is 0 Å². The van der Waals surface area contributed by atoms with Crippen LogP contribution in [0.4, 0.5) is 0 Å². The molecule has 0 aliphatic carbocycles. The molecule has 0 spiro atoms. The van der Waals surface area contributed by atoms with E-state index in [0.717, 1.165) is 0 Å². The quantitative estimate of drug-likeness (QED) is 0.741. The third-order valence-electron chi connectivity index (χ3n) is 1.58. The van der Waals surface area contributed by atoms with E-state index in [1.54, 1.807) is 41.5 Å². The van der Waals surface area contributed by atoms with Gasteiger partial charge in [-0.3, -0.25) is 9.59 Å². The monoisotopic (exact) mass is 247 g/mol. The third-order valence-corrected chi connectivity index (χ3v) is 2.30. The molecule has 0 amide bonds. The van der Waals surface area contributed by atoms with Gasteiger partial charge in [0.2, 0.25) is 0 Å². The summed E-state index contributed by atoms with van der Waals surface area (Å²) in [4.78, 5) is 32.0. The molecular formula is C10H19O5Si. The number of hydrogen-bond donors (Lipinski definition) is 1. The van der Waals surface area contributed by atoms with Gasteiger partial charge in [0.15, 0.2) is 0 Å². The molecule has 0 aromatic rings. The standard InChI is InChI=1S/C10H19O5Si/c1-9(2,3)7(11)14-16(13)15-8(12)10(4,5)6/h13H,1-6H3. The highest BCUT2D eigenvalue weighted by molar-refractivity contribution is 6.40. The Kier molecular flexibility index (Phi) is 4.69. The van der Waals surface area contributed by atoms with Crippen molar-refractivity contribution in [2.24, 2.45) is 10.8 Å². The second kappa shape index (κ2) is 4.97. The Hall–Kier alpha value is -0.883. The highest BCUT2D eigenvalue weighted by Crippen LogP contribution is 2.18. The van der Waals surface area contributed by atoms with Gasteiger partial charge in [0.1, 0.15) is 0 Å². The lowest BCUT2D eigenvalue weighted by Gasteiger charge is -2.20. The summed E-state index contributed by atoms with van der Waals surface area (Å²) in [5.74, 6) is -1.18. The normalized spacial score (nSPS) is 12.5. The Morgan fingerprint density at radius 1 is 0.875 bits per heavy atom. The molecule has 0 bridgehead atoms. The Bertz CT molecular complexity index is 246. The van der Waals surface area contributed by atoms with Crippen molar-refractivity contribution in [2.45, 2.75) is 41.5 Å². The SMILES string of the molecule is CC(C)(C)C(=O)O[Si](O)OC(=O)C(C)(C)C. The van der Waals surface area contributed by atoms with E-state index in [0.29, 0.717) is 0 Å². The van der Waals surface area contributed by atoms with E-state index in [1.807, 2.05) is 0 Å². The van der Waals surface area contributed by atoms with Crippen molar-refractivity contribution >= 4 is 21.5 Å². The summed E-state index contributed by atoms with van der Waals surface area (Å²) in [7, 11) is -2.85. The van der Waals surface area contributed by atoms with Gasteiger partial charge >= 0.3 is 21.5 Å². The minimum atomic E-state index is -2.85. The third kappa shape index (κ3) is 5.27. The maximum atomic E-state index is 11.4. The molecule has 16 heavy (non-hydrogen) atoms. The molecule has 0 aromatic heterocycles. The second-order valence-corrected chi connectivity index (χ2v) is 6.49. The van der Waals surface area contributed by atoms with Crippen molar-refractivity contribution in [1.29, 1.82) is 0 Å². The first-order valence-corrected chi connectivity index (χ1v) is 6.21. The van der Waals surface area contributed by atoms with Gasteiger partial charge in [0.05, 0.1) is 10.8 Å². The number of hydrogen-bond acceptors (Lipinski definition) is 5. The molecule has 6 heteroatoms. The van der Waals surface area contributed by atoms with Gasteiger partial charge in [-0.25, -0.2) is 0 Å². The van der Waals surface area contributed by atoms with Crippen LogP contribution in [-0.2, 0) is 18.4 Å². The highest BCUT2D eigenvalue weighted by Gasteiger charge is 2.34. The Labute approximate surface area is 97.7 Å². The van der Waals surface area contributed by atoms with Crippen molar-refractivity contribution in [1.82, 2.24) is 0 Å². The van der Waals surface area contributed by atoms with Gasteiger partial charge in [0, 0.05) is 0 Å². The molecule has 0 saturated carbocycles. The molecule has 0 fully saturated rings. The zero-order chi connectivity index (χ0) is 13.1. The lowest BCUT2D eigenvalue weighted by atomic mass is 9.98. The predicted octanol–water partition coefficient (Wildman–Crippen LogP) is 1.14. The average molecular weight is 247 g/mol. The van der Waals surface area contributed by atoms with Gasteiger partial charge in [-0.15, -0.1) is 0 Å². The van der Waals surface area contributed by atoms with Crippen LogP contribution in [0.15, 0.2) is 0 Å². The molecule has 0 rings (SSSR count). The molecule has 0 unspecified atom stereocenters. The summed E-state index contributed by atoms with van der Waals surface area (Å²) >= 11 is 0. The van der Waals surface area contributed by atoms with Crippen LogP contribution in [0.3, 0.4) is 0 Å². The van der Waals surface area contributed by atoms with Crippen LogP contribution in [0.5, 0.6) is 0 Å². The smallest absolute Gasteiger partial charge is 0.461 e. The van der Waals surface area contributed by atoms with Gasteiger partial charge in [-0.05, 0) is 41.5 Å². The molecule has 0 aliphatic heterocycles. The topological polar surface area (TPSA) is 72.8 Å². The zero-order valence-electron chi connectivity index (χ0n) is 10.6. The van der Waals surface area contributed by atoms with E-state index in [1.165, 1.54) is 0 Å². The van der Waals surface area contributed by atoms with E-state index in [9.17, 15) is 14.4 Å². The first-order chi connectivity index (χ1) is 6.94. The summed E-state index contributed by atoms with van der Waals surface area (Å²) in [6.07, 6.45) is 0. The zero-order valence-corrected chi connectivity index (χ0v) is 11.6. The van der Waals surface area contributed by atoms with E-state index in [4.69, 9.17) is 0 Å². The molecule has 5 nitrogen and oxygen atoms in total. The summed E-state index contributed by atoms with van der Waals surface area (Å²) in [6.45, 7) is 9.89. The second-order valence-electron chi connectivity index (χ2n) is 5.54.